The van der Waals surface area contributed by atoms with Gasteiger partial charge in [0.05, 0.1) is 22.8 Å². The fraction of sp³-hybridized carbons (Fsp3) is 0.500. The number of aryl methyl sites for hydroxylation is 1. The molecule has 2 fully saturated rings. The fourth-order valence-corrected chi connectivity index (χ4v) is 5.35. The Morgan fingerprint density at radius 2 is 1.85 bits per heavy atom. The van der Waals surface area contributed by atoms with Crippen LogP contribution in [0.3, 0.4) is 0 Å². The number of piperidine rings is 1. The Morgan fingerprint density at radius 3 is 2.58 bits per heavy atom. The number of aromatic nitrogens is 5. The van der Waals surface area contributed by atoms with Gasteiger partial charge in [-0.25, -0.2) is 4.68 Å². The minimum absolute atomic E-state index is 0.00458. The number of hydrogen-bond acceptors (Lipinski definition) is 6. The lowest BCUT2D eigenvalue weighted by molar-refractivity contribution is -0.115. The molecule has 1 aliphatic heterocycles. The third kappa shape index (κ3) is 4.78. The molecule has 1 amide bonds. The van der Waals surface area contributed by atoms with Gasteiger partial charge in [0.2, 0.25) is 11.9 Å². The third-order valence-corrected chi connectivity index (χ3v) is 7.26. The molecular formula is C24H31N7OS. The highest BCUT2D eigenvalue weighted by atomic mass is 32.2. The van der Waals surface area contributed by atoms with Gasteiger partial charge in [-0.05, 0) is 58.1 Å². The van der Waals surface area contributed by atoms with Crippen LogP contribution in [0.25, 0.3) is 5.69 Å². The molecule has 0 spiro atoms. The maximum absolute atomic E-state index is 12.7. The van der Waals surface area contributed by atoms with Crippen LogP contribution in [0.15, 0.2) is 35.5 Å². The molecule has 0 unspecified atom stereocenters. The number of carbonyl (C=O) groups is 1. The summed E-state index contributed by atoms with van der Waals surface area (Å²) >= 11 is 1.63. The van der Waals surface area contributed by atoms with E-state index in [0.29, 0.717) is 18.2 Å². The molecule has 1 N–H and O–H groups in total. The van der Waals surface area contributed by atoms with Gasteiger partial charge in [0.15, 0.2) is 5.16 Å². The highest BCUT2D eigenvalue weighted by molar-refractivity contribution is 7.99. The third-order valence-electron chi connectivity index (χ3n) is 6.31. The quantitative estimate of drug-likeness (QED) is 0.493. The number of para-hydroxylation sites is 1. The number of thioether (sulfide) groups is 1. The normalized spacial score (nSPS) is 16.2. The van der Waals surface area contributed by atoms with E-state index in [4.69, 9.17) is 0 Å². The average Bonchev–Trinajstić information content (AvgIpc) is 3.54. The summed E-state index contributed by atoms with van der Waals surface area (Å²) in [7, 11) is 0. The van der Waals surface area contributed by atoms with Crippen LogP contribution in [-0.4, -0.2) is 49.3 Å². The van der Waals surface area contributed by atoms with Gasteiger partial charge >= 0.3 is 0 Å². The minimum Gasteiger partial charge on any atom is -0.341 e. The van der Waals surface area contributed by atoms with Crippen LogP contribution in [0.2, 0.25) is 0 Å². The molecule has 9 heteroatoms. The smallest absolute Gasteiger partial charge is 0.228 e. The van der Waals surface area contributed by atoms with E-state index in [1.807, 2.05) is 48.9 Å². The molecule has 0 bridgehead atoms. The predicted molar refractivity (Wildman–Crippen MR) is 131 cm³/mol. The Bertz CT molecular complexity index is 1110. The molecular weight excluding hydrogens is 434 g/mol. The Hall–Kier alpha value is -2.81. The van der Waals surface area contributed by atoms with Crippen molar-refractivity contribution in [2.45, 2.75) is 63.6 Å². The molecule has 1 aromatic carbocycles. The Kier molecular flexibility index (Phi) is 6.39. The lowest BCUT2D eigenvalue weighted by Gasteiger charge is -2.27. The highest BCUT2D eigenvalue weighted by Gasteiger charge is 2.32. The van der Waals surface area contributed by atoms with Crippen LogP contribution in [0.1, 0.15) is 56.0 Å². The summed E-state index contributed by atoms with van der Waals surface area (Å²) in [5.74, 6) is 1.68. The zero-order valence-corrected chi connectivity index (χ0v) is 20.1. The standard InChI is InChI=1S/C24H31N7OS/c1-17-22(18(2)31(28-17)20-9-5-3-6-10-20)25-21(32)13-16-33-24-27-26-23(30(24)19-11-12-19)29-14-7-4-8-15-29/h3,5-6,9-10,19H,4,7-8,11-16H2,1-2H3,(H,25,32). The molecule has 33 heavy (non-hydrogen) atoms. The van der Waals surface area contributed by atoms with Crippen molar-refractivity contribution in [2.75, 3.05) is 29.1 Å². The highest BCUT2D eigenvalue weighted by Crippen LogP contribution is 2.41. The van der Waals surface area contributed by atoms with E-state index in [0.717, 1.165) is 47.0 Å². The van der Waals surface area contributed by atoms with E-state index in [1.54, 1.807) is 11.8 Å². The number of nitrogens with one attached hydrogen (secondary N) is 1. The average molecular weight is 466 g/mol. The summed E-state index contributed by atoms with van der Waals surface area (Å²) in [5, 5.41) is 17.6. The lowest BCUT2D eigenvalue weighted by Crippen LogP contribution is -2.31. The number of carbonyl (C=O) groups excluding carboxylic acids is 1. The van der Waals surface area contributed by atoms with Crippen molar-refractivity contribution in [2.24, 2.45) is 0 Å². The molecule has 3 heterocycles. The zero-order valence-electron chi connectivity index (χ0n) is 19.3. The van der Waals surface area contributed by atoms with E-state index in [1.165, 1.54) is 32.1 Å². The number of benzene rings is 1. The van der Waals surface area contributed by atoms with Crippen molar-refractivity contribution in [3.8, 4) is 5.69 Å². The van der Waals surface area contributed by atoms with Crippen LogP contribution in [0.4, 0.5) is 11.6 Å². The van der Waals surface area contributed by atoms with Crippen molar-refractivity contribution in [1.82, 2.24) is 24.5 Å². The first kappa shape index (κ1) is 22.0. The van der Waals surface area contributed by atoms with Crippen LogP contribution in [0.5, 0.6) is 0 Å². The first-order chi connectivity index (χ1) is 16.1. The van der Waals surface area contributed by atoms with E-state index >= 15 is 0 Å². The lowest BCUT2D eigenvalue weighted by atomic mass is 10.1. The summed E-state index contributed by atoms with van der Waals surface area (Å²) in [6, 6.07) is 10.5. The van der Waals surface area contributed by atoms with Crippen LogP contribution in [-0.2, 0) is 4.79 Å². The second-order valence-electron chi connectivity index (χ2n) is 8.87. The molecule has 0 radical (unpaired) electrons. The number of hydrogen-bond donors (Lipinski definition) is 1. The van der Waals surface area contributed by atoms with Gasteiger partial charge in [0.1, 0.15) is 0 Å². The van der Waals surface area contributed by atoms with Gasteiger partial charge in [-0.15, -0.1) is 10.2 Å². The van der Waals surface area contributed by atoms with Crippen molar-refractivity contribution >= 4 is 29.3 Å². The summed E-state index contributed by atoms with van der Waals surface area (Å²) in [5.41, 5.74) is 3.52. The summed E-state index contributed by atoms with van der Waals surface area (Å²) < 4.78 is 4.19. The Labute approximate surface area is 198 Å². The second kappa shape index (κ2) is 9.59. The molecule has 0 atom stereocenters. The Balaban J connectivity index is 1.21. The van der Waals surface area contributed by atoms with Gasteiger partial charge in [0, 0.05) is 31.3 Å². The number of anilines is 2. The van der Waals surface area contributed by atoms with E-state index in [-0.39, 0.29) is 5.91 Å². The SMILES string of the molecule is Cc1nn(-c2ccccc2)c(C)c1NC(=O)CCSc1nnc(N2CCCCC2)n1C1CC1. The molecule has 5 rings (SSSR count). The maximum Gasteiger partial charge on any atom is 0.228 e. The van der Waals surface area contributed by atoms with Crippen LogP contribution < -0.4 is 10.2 Å². The molecule has 2 aliphatic rings. The van der Waals surface area contributed by atoms with Gasteiger partial charge in [-0.1, -0.05) is 30.0 Å². The van der Waals surface area contributed by atoms with Gasteiger partial charge < -0.3 is 10.2 Å². The summed E-state index contributed by atoms with van der Waals surface area (Å²) in [6.45, 7) is 6.04. The minimum atomic E-state index is -0.00458. The van der Waals surface area contributed by atoms with Crippen LogP contribution >= 0.6 is 11.8 Å². The molecule has 2 aromatic heterocycles. The van der Waals surface area contributed by atoms with Gasteiger partial charge in [-0.3, -0.25) is 9.36 Å². The number of nitrogens with zero attached hydrogens (tertiary/aromatic N) is 6. The summed E-state index contributed by atoms with van der Waals surface area (Å²) in [6.07, 6.45) is 6.54. The first-order valence-corrected chi connectivity index (χ1v) is 12.8. The van der Waals surface area contributed by atoms with E-state index < -0.39 is 0 Å². The molecule has 1 aliphatic carbocycles. The Morgan fingerprint density at radius 1 is 1.09 bits per heavy atom. The van der Waals surface area contributed by atoms with Gasteiger partial charge in [-0.2, -0.15) is 5.10 Å². The van der Waals surface area contributed by atoms with Crippen molar-refractivity contribution in [1.29, 1.82) is 0 Å². The number of amides is 1. The molecule has 1 saturated carbocycles. The molecule has 3 aromatic rings. The van der Waals surface area contributed by atoms with E-state index in [2.05, 4.69) is 30.1 Å². The predicted octanol–water partition coefficient (Wildman–Crippen LogP) is 4.53. The summed E-state index contributed by atoms with van der Waals surface area (Å²) in [4.78, 5) is 15.1. The van der Waals surface area contributed by atoms with Crippen molar-refractivity contribution < 1.29 is 4.79 Å². The largest absolute Gasteiger partial charge is 0.341 e. The fourth-order valence-electron chi connectivity index (χ4n) is 4.41. The van der Waals surface area contributed by atoms with Crippen molar-refractivity contribution in [3.63, 3.8) is 0 Å². The van der Waals surface area contributed by atoms with Crippen LogP contribution in [0, 0.1) is 13.8 Å². The molecule has 1 saturated heterocycles. The molecule has 8 nitrogen and oxygen atoms in total. The van der Waals surface area contributed by atoms with Crippen molar-refractivity contribution in [3.05, 3.63) is 41.7 Å². The second-order valence-corrected chi connectivity index (χ2v) is 9.93. The topological polar surface area (TPSA) is 80.9 Å². The monoisotopic (exact) mass is 465 g/mol. The maximum atomic E-state index is 12.7. The van der Waals surface area contributed by atoms with E-state index in [9.17, 15) is 4.79 Å². The number of rotatable bonds is 8. The van der Waals surface area contributed by atoms with Gasteiger partial charge in [0.25, 0.3) is 0 Å². The first-order valence-electron chi connectivity index (χ1n) is 11.9. The zero-order chi connectivity index (χ0) is 22.8. The molecule has 174 valence electrons.